The van der Waals surface area contributed by atoms with Gasteiger partial charge in [0.2, 0.25) is 0 Å². The van der Waals surface area contributed by atoms with Crippen LogP contribution >= 0.6 is 58.0 Å². The first kappa shape index (κ1) is 95.1. The molecular formula is C78H73Cl5F12O17. The quantitative estimate of drug-likeness (QED) is 0.0117. The number of hydrogen-bond donors (Lipinski definition) is 5. The third-order valence-electron chi connectivity index (χ3n) is 14.6. The van der Waals surface area contributed by atoms with E-state index in [2.05, 4.69) is 40.3 Å². The standard InChI is InChI=1S/C23H22ClF3O5.C22H20ClF3O5.C13H14O3.C10H8ClF3O2.C7H4ClF3O.C3H5ClO/c1-3-4-16(11-22(29)30-2)15-5-8-19(9-6-15)31-13-18(28)14-32-21-10-7-17(12-20(21)24)23(25,26)27;1-2-3-15(10-21(28)29)14-4-7-18(8-5-14)30-12-17(27)13-31-20-9-6-16(11-19(20)23)22(24,25)26;1-3-4-11(9-13(15)16-2)10-5-7-12(14)8-6-10;11-8-3-6(10(12,13)14)1-2-9(8)16-5-7-4-15-7;8-5-3-4(7(9,10)11)1-2-6(5)12;4-1-3-2-5-3/h5-10,12,16,18,28H,11,13-14H2,1-2H3;4-9,11,15,17,27H,10,12-13H2,1H3,(H,28,29);5-8,11,14H,9H2,1-2H3;1-3,7H,4-5H2;1-3,12H;3H,1-2H2. The molecule has 7 aromatic rings. The summed E-state index contributed by atoms with van der Waals surface area (Å²) in [6, 6.07) is 30.9. The average molecular weight is 1690 g/mol. The molecule has 5 N–H and O–H groups in total. The predicted molar refractivity (Wildman–Crippen MR) is 392 cm³/mol. The Balaban J connectivity index is 0.000000303. The minimum atomic E-state index is -4.51. The lowest BCUT2D eigenvalue weighted by molar-refractivity contribution is -0.141. The molecule has 0 spiro atoms. The van der Waals surface area contributed by atoms with Gasteiger partial charge in [0, 0.05) is 0 Å². The van der Waals surface area contributed by atoms with Crippen LogP contribution in [-0.4, -0.2) is 134 Å². The van der Waals surface area contributed by atoms with E-state index in [9.17, 15) is 77.3 Å². The van der Waals surface area contributed by atoms with Gasteiger partial charge in [-0.15, -0.1) is 29.4 Å². The molecule has 17 nitrogen and oxygen atoms in total. The molecule has 0 amide bonds. The number of carboxylic acid groups (broad SMARTS) is 1. The van der Waals surface area contributed by atoms with Crippen molar-refractivity contribution in [2.75, 3.05) is 66.3 Å². The summed E-state index contributed by atoms with van der Waals surface area (Å²) in [5, 5.41) is 46.2. The third kappa shape index (κ3) is 36.0. The second-order valence-corrected chi connectivity index (χ2v) is 25.2. The van der Waals surface area contributed by atoms with Crippen LogP contribution in [0.3, 0.4) is 0 Å². The van der Waals surface area contributed by atoms with Gasteiger partial charge in [-0.3, -0.25) is 14.4 Å². The fourth-order valence-electron chi connectivity index (χ4n) is 8.68. The summed E-state index contributed by atoms with van der Waals surface area (Å²) in [4.78, 5) is 33.7. The molecule has 0 aromatic heterocycles. The molecule has 7 atom stereocenters. The van der Waals surface area contributed by atoms with Crippen LogP contribution in [0.5, 0.6) is 40.2 Å². The topological polar surface area (TPSA) is 242 Å². The van der Waals surface area contributed by atoms with Crippen LogP contribution in [0.4, 0.5) is 52.7 Å². The number of aliphatic hydroxyl groups is 2. The smallest absolute Gasteiger partial charge is 0.416 e. The van der Waals surface area contributed by atoms with Crippen LogP contribution in [0, 0.1) is 35.5 Å². The summed E-state index contributed by atoms with van der Waals surface area (Å²) in [6.07, 6.45) is -19.3. The Bertz CT molecular complexity index is 4320. The number of phenols is 2. The average Bonchev–Trinajstić information content (AvgIpc) is 1.37. The van der Waals surface area contributed by atoms with Crippen LogP contribution in [0.1, 0.15) is 96.7 Å². The molecule has 0 aliphatic carbocycles. The second-order valence-electron chi connectivity index (χ2n) is 23.2. The van der Waals surface area contributed by atoms with Crippen LogP contribution in [-0.2, 0) is 58.0 Å². The third-order valence-corrected chi connectivity index (χ3v) is 16.1. The van der Waals surface area contributed by atoms with Gasteiger partial charge in [-0.05, 0) is 147 Å². The zero-order valence-electron chi connectivity index (χ0n) is 59.7. The van der Waals surface area contributed by atoms with Crippen molar-refractivity contribution >= 4 is 75.9 Å². The second kappa shape index (κ2) is 46.6. The van der Waals surface area contributed by atoms with Crippen LogP contribution in [0.15, 0.2) is 146 Å². The highest BCUT2D eigenvalue weighted by atomic mass is 35.5. The number of esters is 2. The number of hydrogen-bond acceptors (Lipinski definition) is 16. The fourth-order valence-corrected chi connectivity index (χ4v) is 9.74. The van der Waals surface area contributed by atoms with E-state index in [4.69, 9.17) is 111 Å². The summed E-state index contributed by atoms with van der Waals surface area (Å²) in [5.74, 6) is 16.2. The summed E-state index contributed by atoms with van der Waals surface area (Å²) in [6.45, 7) is 6.14. The van der Waals surface area contributed by atoms with Gasteiger partial charge in [0.1, 0.15) is 91.6 Å². The van der Waals surface area contributed by atoms with E-state index >= 15 is 0 Å². The molecule has 606 valence electrons. The minimum Gasteiger partial charge on any atom is -0.508 e. The number of carbonyl (C=O) groups is 3. The predicted octanol–water partition coefficient (Wildman–Crippen LogP) is 18.5. The summed E-state index contributed by atoms with van der Waals surface area (Å²) < 4.78 is 194. The number of ether oxygens (including phenoxy) is 9. The molecule has 2 aliphatic heterocycles. The number of aromatic hydroxyl groups is 2. The maximum atomic E-state index is 12.7. The first-order chi connectivity index (χ1) is 52.7. The molecule has 2 aliphatic rings. The summed E-state index contributed by atoms with van der Waals surface area (Å²) >= 11 is 27.8. The highest BCUT2D eigenvalue weighted by molar-refractivity contribution is 6.33. The lowest BCUT2D eigenvalue weighted by Crippen LogP contribution is -2.25. The molecule has 9 rings (SSSR count). The maximum absolute atomic E-state index is 12.7. The lowest BCUT2D eigenvalue weighted by atomic mass is 9.96. The van der Waals surface area contributed by atoms with Crippen LogP contribution in [0.25, 0.3) is 0 Å². The maximum Gasteiger partial charge on any atom is 0.416 e. The molecule has 7 unspecified atom stereocenters. The number of carbonyl (C=O) groups excluding carboxylic acids is 2. The highest BCUT2D eigenvalue weighted by Crippen LogP contribution is 2.39. The van der Waals surface area contributed by atoms with Crippen molar-refractivity contribution in [2.24, 2.45) is 0 Å². The van der Waals surface area contributed by atoms with E-state index in [0.29, 0.717) is 42.8 Å². The number of rotatable bonds is 25. The van der Waals surface area contributed by atoms with Crippen LogP contribution in [0.2, 0.25) is 20.1 Å². The summed E-state index contributed by atoms with van der Waals surface area (Å²) in [5.41, 5.74) is -0.994. The van der Waals surface area contributed by atoms with E-state index in [0.717, 1.165) is 84.0 Å². The molecule has 2 saturated heterocycles. The minimum absolute atomic E-state index is 0.0135. The number of aliphatic carboxylic acids is 1. The number of epoxide rings is 2. The van der Waals surface area contributed by atoms with Gasteiger partial charge in [-0.2, -0.15) is 52.7 Å². The number of methoxy groups -OCH3 is 2. The Morgan fingerprint density at radius 3 is 1.03 bits per heavy atom. The van der Waals surface area contributed by atoms with Crippen molar-refractivity contribution in [3.05, 3.63) is 205 Å². The van der Waals surface area contributed by atoms with Gasteiger partial charge >= 0.3 is 42.6 Å². The van der Waals surface area contributed by atoms with Crippen molar-refractivity contribution in [2.45, 2.75) is 107 Å². The van der Waals surface area contributed by atoms with E-state index in [1.807, 2.05) is 0 Å². The summed E-state index contributed by atoms with van der Waals surface area (Å²) in [7, 11) is 2.67. The molecule has 0 saturated carbocycles. The van der Waals surface area contributed by atoms with Gasteiger partial charge in [0.15, 0.2) is 0 Å². The first-order valence-electron chi connectivity index (χ1n) is 32.8. The van der Waals surface area contributed by atoms with E-state index in [1.165, 1.54) is 20.3 Å². The number of alkyl halides is 13. The highest BCUT2D eigenvalue weighted by Gasteiger charge is 2.35. The number of phenolic OH excluding ortho intramolecular Hbond substituents is 2. The Morgan fingerprint density at radius 2 is 0.750 bits per heavy atom. The Labute approximate surface area is 661 Å². The molecular weight excluding hydrogens is 1610 g/mol. The normalized spacial score (nSPS) is 14.4. The van der Waals surface area contributed by atoms with Crippen molar-refractivity contribution in [3.63, 3.8) is 0 Å². The van der Waals surface area contributed by atoms with E-state index in [-0.39, 0.29) is 124 Å². The Hall–Kier alpha value is -9.32. The van der Waals surface area contributed by atoms with Gasteiger partial charge in [-0.1, -0.05) is 101 Å². The number of aliphatic hydroxyl groups excluding tert-OH is 2. The van der Waals surface area contributed by atoms with Crippen molar-refractivity contribution in [3.8, 4) is 75.8 Å². The largest absolute Gasteiger partial charge is 0.508 e. The van der Waals surface area contributed by atoms with Crippen molar-refractivity contribution in [1.82, 2.24) is 0 Å². The SMILES string of the molecule is CC#CC(CC(=O)O)c1ccc(OCC(O)COc2ccc(C(F)(F)F)cc2Cl)cc1.CC#CC(CC(=O)OC)c1ccc(O)cc1.CC#CC(CC(=O)OC)c1ccc(OCC(O)COc2ccc(C(F)(F)F)cc2Cl)cc1.ClCC1CO1.FC(F)(F)c1ccc(OCC2CO2)c(Cl)c1.Oc1ccc(C(F)(F)F)cc1Cl. The van der Waals surface area contributed by atoms with Crippen molar-refractivity contribution in [1.29, 1.82) is 0 Å². The zero-order chi connectivity index (χ0) is 83.5. The Kier molecular flexibility index (Phi) is 39.6. The van der Waals surface area contributed by atoms with Gasteiger partial charge in [0.05, 0.1) is 119 Å². The van der Waals surface area contributed by atoms with Gasteiger partial charge < -0.3 is 68.2 Å². The van der Waals surface area contributed by atoms with Crippen LogP contribution < -0.4 is 23.7 Å². The molecule has 0 bridgehead atoms. The van der Waals surface area contributed by atoms with Gasteiger partial charge in [0.25, 0.3) is 0 Å². The molecule has 2 heterocycles. The Morgan fingerprint density at radius 1 is 0.446 bits per heavy atom. The zero-order valence-corrected chi connectivity index (χ0v) is 63.5. The molecule has 2 fully saturated rings. The van der Waals surface area contributed by atoms with E-state index < -0.39 is 71.1 Å². The van der Waals surface area contributed by atoms with E-state index in [1.54, 1.807) is 93.6 Å². The fraction of sp³-hybridized carbons (Fsp3) is 0.346. The molecule has 0 radical (unpaired) electrons. The number of carboxylic acids is 1. The first-order valence-corrected chi connectivity index (χ1v) is 34.8. The molecule has 34 heteroatoms. The molecule has 112 heavy (non-hydrogen) atoms. The van der Waals surface area contributed by atoms with Crippen molar-refractivity contribution < 1.29 is 135 Å². The number of benzene rings is 7. The monoisotopic (exact) mass is 1680 g/mol. The lowest BCUT2D eigenvalue weighted by Gasteiger charge is -2.16. The molecule has 7 aromatic carbocycles. The number of halogens is 17. The van der Waals surface area contributed by atoms with Gasteiger partial charge in [-0.25, -0.2) is 0 Å².